The number of amides is 1. The topological polar surface area (TPSA) is 64.0 Å². The van der Waals surface area contributed by atoms with Crippen molar-refractivity contribution < 1.29 is 13.6 Å². The van der Waals surface area contributed by atoms with Gasteiger partial charge in [-0.25, -0.2) is 13.5 Å². The van der Waals surface area contributed by atoms with Crippen molar-refractivity contribution in [2.24, 2.45) is 0 Å². The summed E-state index contributed by atoms with van der Waals surface area (Å²) in [5.74, 6) is -2.53. The lowest BCUT2D eigenvalue weighted by molar-refractivity contribution is -0.117. The number of benzene rings is 3. The van der Waals surface area contributed by atoms with Gasteiger partial charge >= 0.3 is 0 Å². The van der Waals surface area contributed by atoms with Crippen LogP contribution in [0.1, 0.15) is 0 Å². The largest absolute Gasteiger partial charge is 0.323 e. The third-order valence-corrected chi connectivity index (χ3v) is 4.83. The zero-order chi connectivity index (χ0) is 21.3. The van der Waals surface area contributed by atoms with E-state index in [1.165, 1.54) is 6.07 Å². The van der Waals surface area contributed by atoms with E-state index in [1.54, 1.807) is 48.5 Å². The number of carbonyl (C=O) groups excluding carboxylic acids is 1. The van der Waals surface area contributed by atoms with Gasteiger partial charge < -0.3 is 5.32 Å². The van der Waals surface area contributed by atoms with Crippen LogP contribution in [-0.2, 0) is 11.3 Å². The smallest absolute Gasteiger partial charge is 0.275 e. The molecule has 4 rings (SSSR count). The van der Waals surface area contributed by atoms with Gasteiger partial charge in [0, 0.05) is 10.9 Å². The van der Waals surface area contributed by atoms with Gasteiger partial charge in [0.2, 0.25) is 5.91 Å². The van der Waals surface area contributed by atoms with Crippen LogP contribution >= 0.6 is 11.6 Å². The molecule has 0 unspecified atom stereocenters. The molecule has 0 spiro atoms. The van der Waals surface area contributed by atoms with Crippen LogP contribution in [0.3, 0.4) is 0 Å². The third-order valence-electron chi connectivity index (χ3n) is 4.50. The standard InChI is InChI=1S/C22H14ClF2N3O2/c23-16-7-3-4-8-19(16)26-20(29)12-28-22(30)15-6-2-1-5-14(15)21(27-28)13-9-10-17(24)18(25)11-13/h1-11H,12H2,(H,26,29). The lowest BCUT2D eigenvalue weighted by Crippen LogP contribution is -2.30. The minimum absolute atomic E-state index is 0.259. The van der Waals surface area contributed by atoms with Crippen molar-refractivity contribution in [3.05, 3.63) is 93.7 Å². The van der Waals surface area contributed by atoms with Gasteiger partial charge in [-0.3, -0.25) is 9.59 Å². The quantitative estimate of drug-likeness (QED) is 0.518. The van der Waals surface area contributed by atoms with Crippen LogP contribution < -0.4 is 10.9 Å². The van der Waals surface area contributed by atoms with Crippen molar-refractivity contribution >= 4 is 34.0 Å². The summed E-state index contributed by atoms with van der Waals surface area (Å²) in [5.41, 5.74) is 0.463. The molecule has 1 N–H and O–H groups in total. The first-order valence-electron chi connectivity index (χ1n) is 8.93. The van der Waals surface area contributed by atoms with Gasteiger partial charge in [-0.2, -0.15) is 5.10 Å². The first-order chi connectivity index (χ1) is 14.4. The molecule has 0 aliphatic carbocycles. The van der Waals surface area contributed by atoms with Crippen LogP contribution in [0.2, 0.25) is 5.02 Å². The van der Waals surface area contributed by atoms with Crippen molar-refractivity contribution in [2.75, 3.05) is 5.32 Å². The molecule has 0 saturated heterocycles. The average Bonchev–Trinajstić information content (AvgIpc) is 2.74. The number of nitrogens with zero attached hydrogens (tertiary/aromatic N) is 2. The molecule has 0 bridgehead atoms. The van der Waals surface area contributed by atoms with E-state index in [4.69, 9.17) is 11.6 Å². The van der Waals surface area contributed by atoms with Gasteiger partial charge in [0.1, 0.15) is 6.54 Å². The first kappa shape index (κ1) is 19.7. The molecular formula is C22H14ClF2N3O2. The zero-order valence-electron chi connectivity index (χ0n) is 15.4. The molecule has 0 fully saturated rings. The second-order valence-corrected chi connectivity index (χ2v) is 6.92. The SMILES string of the molecule is O=C(Cn1nc(-c2ccc(F)c(F)c2)c2ccccc2c1=O)Nc1ccccc1Cl. The number of hydrogen-bond donors (Lipinski definition) is 1. The number of aromatic nitrogens is 2. The molecule has 150 valence electrons. The highest BCUT2D eigenvalue weighted by Crippen LogP contribution is 2.26. The van der Waals surface area contributed by atoms with E-state index in [9.17, 15) is 18.4 Å². The van der Waals surface area contributed by atoms with E-state index in [2.05, 4.69) is 10.4 Å². The Morgan fingerprint density at radius 1 is 0.967 bits per heavy atom. The number of halogens is 3. The monoisotopic (exact) mass is 425 g/mol. The second-order valence-electron chi connectivity index (χ2n) is 6.51. The van der Waals surface area contributed by atoms with Crippen LogP contribution in [0.5, 0.6) is 0 Å². The summed E-state index contributed by atoms with van der Waals surface area (Å²) in [6.07, 6.45) is 0. The fraction of sp³-hybridized carbons (Fsp3) is 0.0455. The summed E-state index contributed by atoms with van der Waals surface area (Å²) in [5, 5.41) is 8.02. The van der Waals surface area contributed by atoms with Gasteiger partial charge in [-0.15, -0.1) is 0 Å². The molecule has 1 amide bonds. The summed E-state index contributed by atoms with van der Waals surface area (Å²) in [4.78, 5) is 25.3. The Balaban J connectivity index is 1.78. The number of para-hydroxylation sites is 1. The molecule has 0 radical (unpaired) electrons. The molecule has 3 aromatic carbocycles. The lowest BCUT2D eigenvalue weighted by Gasteiger charge is -2.12. The molecule has 0 aliphatic rings. The van der Waals surface area contributed by atoms with Crippen LogP contribution in [0, 0.1) is 11.6 Å². The van der Waals surface area contributed by atoms with Crippen molar-refractivity contribution in [1.82, 2.24) is 9.78 Å². The Hall–Kier alpha value is -3.58. The van der Waals surface area contributed by atoms with Crippen LogP contribution in [-0.4, -0.2) is 15.7 Å². The molecule has 8 heteroatoms. The fourth-order valence-electron chi connectivity index (χ4n) is 3.09. The fourth-order valence-corrected chi connectivity index (χ4v) is 3.27. The zero-order valence-corrected chi connectivity index (χ0v) is 16.2. The highest BCUT2D eigenvalue weighted by Gasteiger charge is 2.16. The Labute approximate surface area is 174 Å². The molecule has 0 aliphatic heterocycles. The summed E-state index contributed by atoms with van der Waals surface area (Å²) in [7, 11) is 0. The van der Waals surface area contributed by atoms with E-state index in [-0.39, 0.29) is 17.8 Å². The summed E-state index contributed by atoms with van der Waals surface area (Å²) < 4.78 is 28.1. The van der Waals surface area contributed by atoms with Gasteiger partial charge in [0.25, 0.3) is 5.56 Å². The van der Waals surface area contributed by atoms with Crippen molar-refractivity contribution in [1.29, 1.82) is 0 Å². The molecular weight excluding hydrogens is 412 g/mol. The highest BCUT2D eigenvalue weighted by atomic mass is 35.5. The lowest BCUT2D eigenvalue weighted by atomic mass is 10.0. The number of fused-ring (bicyclic) bond motifs is 1. The van der Waals surface area contributed by atoms with E-state index in [0.29, 0.717) is 21.5 Å². The number of rotatable bonds is 4. The van der Waals surface area contributed by atoms with E-state index in [0.717, 1.165) is 16.8 Å². The van der Waals surface area contributed by atoms with E-state index in [1.807, 2.05) is 0 Å². The van der Waals surface area contributed by atoms with Crippen LogP contribution in [0.25, 0.3) is 22.0 Å². The summed E-state index contributed by atoms with van der Waals surface area (Å²) in [6.45, 7) is -0.383. The van der Waals surface area contributed by atoms with E-state index >= 15 is 0 Å². The predicted molar refractivity (Wildman–Crippen MR) is 111 cm³/mol. The predicted octanol–water partition coefficient (Wildman–Crippen LogP) is 4.63. The Morgan fingerprint density at radius 2 is 1.67 bits per heavy atom. The number of nitrogens with one attached hydrogen (secondary N) is 1. The minimum Gasteiger partial charge on any atom is -0.323 e. The summed E-state index contributed by atoms with van der Waals surface area (Å²) >= 11 is 6.05. The Kier molecular flexibility index (Phi) is 5.29. The first-order valence-corrected chi connectivity index (χ1v) is 9.31. The van der Waals surface area contributed by atoms with Crippen LogP contribution in [0.15, 0.2) is 71.5 Å². The van der Waals surface area contributed by atoms with Gasteiger partial charge in [-0.05, 0) is 36.4 Å². The second kappa shape index (κ2) is 8.04. The average molecular weight is 426 g/mol. The van der Waals surface area contributed by atoms with Gasteiger partial charge in [-0.1, -0.05) is 41.9 Å². The number of carbonyl (C=O) groups is 1. The highest BCUT2D eigenvalue weighted by molar-refractivity contribution is 6.33. The maximum Gasteiger partial charge on any atom is 0.275 e. The van der Waals surface area contributed by atoms with Gasteiger partial charge in [0.05, 0.1) is 21.8 Å². The molecule has 1 heterocycles. The van der Waals surface area contributed by atoms with Crippen molar-refractivity contribution in [3.8, 4) is 11.3 Å². The summed E-state index contributed by atoms with van der Waals surface area (Å²) in [6, 6.07) is 16.7. The Morgan fingerprint density at radius 3 is 2.40 bits per heavy atom. The van der Waals surface area contributed by atoms with Crippen LogP contribution in [0.4, 0.5) is 14.5 Å². The Bertz CT molecular complexity index is 1340. The van der Waals surface area contributed by atoms with Gasteiger partial charge in [0.15, 0.2) is 11.6 Å². The molecule has 0 atom stereocenters. The molecule has 0 saturated carbocycles. The maximum atomic E-state index is 13.8. The number of anilines is 1. The van der Waals surface area contributed by atoms with Crippen molar-refractivity contribution in [3.63, 3.8) is 0 Å². The van der Waals surface area contributed by atoms with E-state index < -0.39 is 23.1 Å². The third kappa shape index (κ3) is 3.79. The normalized spacial score (nSPS) is 10.9. The molecule has 4 aromatic rings. The minimum atomic E-state index is -1.03. The van der Waals surface area contributed by atoms with Crippen molar-refractivity contribution in [2.45, 2.75) is 6.54 Å². The molecule has 1 aromatic heterocycles. The number of hydrogen-bond acceptors (Lipinski definition) is 3. The molecule has 5 nitrogen and oxygen atoms in total. The molecule has 30 heavy (non-hydrogen) atoms. The maximum absolute atomic E-state index is 13.8.